The molecule has 4 heterocycles. The Labute approximate surface area is 147 Å². The minimum Gasteiger partial charge on any atom is -0.394 e. The average Bonchev–Trinajstić information content (AvgIpc) is 3.29. The summed E-state index contributed by atoms with van der Waals surface area (Å²) in [6.45, 7) is 0.834. The molecule has 11 heteroatoms. The summed E-state index contributed by atoms with van der Waals surface area (Å²) in [5, 5.41) is 32.7. The molecule has 0 aliphatic carbocycles. The standard InChI is InChI=1S/C14H18ClN5O5/c15-14-18-11(17-6-1-2-24-4-6)8-12(19-14)20(5-16-8)13-10(23)9(22)7(3-21)25-13/h5-7,9-10,13,21-23H,1-4H2,(H,17,18,19)/t6-,7?,9?,10?,13?/m1/s1. The Hall–Kier alpha value is -1.56. The van der Waals surface area contributed by atoms with Crippen molar-refractivity contribution in [3.05, 3.63) is 11.6 Å². The van der Waals surface area contributed by atoms with E-state index in [0.29, 0.717) is 30.2 Å². The van der Waals surface area contributed by atoms with Gasteiger partial charge in [0.25, 0.3) is 0 Å². The van der Waals surface area contributed by atoms with Crippen LogP contribution in [0.15, 0.2) is 6.33 Å². The molecular weight excluding hydrogens is 354 g/mol. The molecule has 2 saturated heterocycles. The third kappa shape index (κ3) is 2.94. The third-order valence-corrected chi connectivity index (χ3v) is 4.63. The molecule has 2 aliphatic heterocycles. The van der Waals surface area contributed by atoms with Crippen LogP contribution in [0.2, 0.25) is 5.28 Å². The minimum atomic E-state index is -1.23. The van der Waals surface area contributed by atoms with Gasteiger partial charge in [0.1, 0.15) is 18.3 Å². The molecule has 0 radical (unpaired) electrons. The number of anilines is 1. The Morgan fingerprint density at radius 1 is 1.32 bits per heavy atom. The van der Waals surface area contributed by atoms with E-state index in [1.165, 1.54) is 10.9 Å². The Kier molecular flexibility index (Phi) is 4.48. The molecule has 2 aromatic heterocycles. The normalized spacial score (nSPS) is 32.6. The number of ether oxygens (including phenoxy) is 2. The van der Waals surface area contributed by atoms with Gasteiger partial charge < -0.3 is 30.1 Å². The van der Waals surface area contributed by atoms with Crippen molar-refractivity contribution in [2.24, 2.45) is 0 Å². The zero-order valence-corrected chi connectivity index (χ0v) is 13.9. The summed E-state index contributed by atoms with van der Waals surface area (Å²) in [6, 6.07) is 0.105. The number of aliphatic hydroxyl groups is 3. The predicted molar refractivity (Wildman–Crippen MR) is 86.2 cm³/mol. The first-order valence-corrected chi connectivity index (χ1v) is 8.33. The fourth-order valence-electron chi connectivity index (χ4n) is 3.13. The minimum absolute atomic E-state index is 0.0161. The Morgan fingerprint density at radius 2 is 2.16 bits per heavy atom. The molecule has 2 fully saturated rings. The van der Waals surface area contributed by atoms with Crippen LogP contribution in [0.4, 0.5) is 5.82 Å². The van der Waals surface area contributed by atoms with Crippen molar-refractivity contribution in [1.82, 2.24) is 19.5 Å². The largest absolute Gasteiger partial charge is 0.394 e. The molecule has 0 amide bonds. The fourth-order valence-corrected chi connectivity index (χ4v) is 3.29. The predicted octanol–water partition coefficient (Wildman–Crippen LogP) is -0.708. The lowest BCUT2D eigenvalue weighted by atomic mass is 10.1. The van der Waals surface area contributed by atoms with Crippen LogP contribution in [0.25, 0.3) is 11.2 Å². The maximum absolute atomic E-state index is 10.2. The molecule has 4 unspecified atom stereocenters. The number of fused-ring (bicyclic) bond motifs is 1. The van der Waals surface area contributed by atoms with E-state index in [9.17, 15) is 15.3 Å². The summed E-state index contributed by atoms with van der Waals surface area (Å²) in [5.41, 5.74) is 0.824. The second kappa shape index (κ2) is 6.63. The second-order valence-electron chi connectivity index (χ2n) is 6.10. The van der Waals surface area contributed by atoms with Gasteiger partial charge in [-0.05, 0) is 18.0 Å². The van der Waals surface area contributed by atoms with Gasteiger partial charge in [0.2, 0.25) is 5.28 Å². The van der Waals surface area contributed by atoms with E-state index in [4.69, 9.17) is 21.1 Å². The number of nitrogens with one attached hydrogen (secondary N) is 1. The van der Waals surface area contributed by atoms with E-state index in [0.717, 1.165) is 6.42 Å². The number of nitrogens with zero attached hydrogens (tertiary/aromatic N) is 4. The van der Waals surface area contributed by atoms with Crippen LogP contribution < -0.4 is 5.32 Å². The van der Waals surface area contributed by atoms with Crippen molar-refractivity contribution in [1.29, 1.82) is 0 Å². The van der Waals surface area contributed by atoms with Crippen molar-refractivity contribution in [3.63, 3.8) is 0 Å². The highest BCUT2D eigenvalue weighted by molar-refractivity contribution is 6.28. The molecule has 4 N–H and O–H groups in total. The Bertz CT molecular complexity index is 767. The number of halogens is 1. The van der Waals surface area contributed by atoms with Crippen molar-refractivity contribution < 1.29 is 24.8 Å². The summed E-state index contributed by atoms with van der Waals surface area (Å²) in [6.07, 6.45) is -1.99. The van der Waals surface area contributed by atoms with E-state index in [2.05, 4.69) is 20.3 Å². The highest BCUT2D eigenvalue weighted by Crippen LogP contribution is 2.33. The van der Waals surface area contributed by atoms with E-state index in [-0.39, 0.29) is 11.3 Å². The van der Waals surface area contributed by atoms with E-state index in [1.54, 1.807) is 0 Å². The molecule has 2 aromatic rings. The number of imidazole rings is 1. The van der Waals surface area contributed by atoms with Crippen LogP contribution in [-0.2, 0) is 9.47 Å². The van der Waals surface area contributed by atoms with Crippen LogP contribution in [0.1, 0.15) is 12.6 Å². The summed E-state index contributed by atoms with van der Waals surface area (Å²) in [7, 11) is 0. The topological polar surface area (TPSA) is 135 Å². The highest BCUT2D eigenvalue weighted by Gasteiger charge is 2.44. The SMILES string of the molecule is OCC1OC(n2cnc3c(N[C@@H]4CCOC4)nc(Cl)nc32)C(O)C1O. The van der Waals surface area contributed by atoms with Gasteiger partial charge in [0, 0.05) is 6.61 Å². The van der Waals surface area contributed by atoms with Crippen LogP contribution in [-0.4, -0.2) is 79.0 Å². The first-order valence-electron chi connectivity index (χ1n) is 7.95. The van der Waals surface area contributed by atoms with Gasteiger partial charge in [-0.25, -0.2) is 4.98 Å². The zero-order chi connectivity index (χ0) is 17.6. The Balaban J connectivity index is 1.70. The van der Waals surface area contributed by atoms with Crippen LogP contribution >= 0.6 is 11.6 Å². The average molecular weight is 372 g/mol. The number of rotatable bonds is 4. The first kappa shape index (κ1) is 16.9. The first-order chi connectivity index (χ1) is 12.1. The van der Waals surface area contributed by atoms with Gasteiger partial charge in [-0.15, -0.1) is 0 Å². The lowest BCUT2D eigenvalue weighted by molar-refractivity contribution is -0.0511. The maximum atomic E-state index is 10.2. The molecular formula is C14H18ClN5O5. The highest BCUT2D eigenvalue weighted by atomic mass is 35.5. The molecule has 4 rings (SSSR count). The molecule has 0 bridgehead atoms. The van der Waals surface area contributed by atoms with Gasteiger partial charge in [0.15, 0.2) is 23.2 Å². The quantitative estimate of drug-likeness (QED) is 0.514. The summed E-state index contributed by atoms with van der Waals surface area (Å²) in [5.74, 6) is 0.469. The lowest BCUT2D eigenvalue weighted by Gasteiger charge is -2.17. The summed E-state index contributed by atoms with van der Waals surface area (Å²) < 4.78 is 12.3. The van der Waals surface area contributed by atoms with Gasteiger partial charge >= 0.3 is 0 Å². The summed E-state index contributed by atoms with van der Waals surface area (Å²) >= 11 is 6.04. The molecule has 10 nitrogen and oxygen atoms in total. The van der Waals surface area contributed by atoms with E-state index < -0.39 is 31.1 Å². The van der Waals surface area contributed by atoms with Gasteiger partial charge in [-0.3, -0.25) is 4.57 Å². The molecule has 5 atom stereocenters. The molecule has 136 valence electrons. The smallest absolute Gasteiger partial charge is 0.226 e. The van der Waals surface area contributed by atoms with Crippen LogP contribution in [0.3, 0.4) is 0 Å². The molecule has 2 aliphatic rings. The fraction of sp³-hybridized carbons (Fsp3) is 0.643. The summed E-state index contributed by atoms with van der Waals surface area (Å²) in [4.78, 5) is 12.7. The number of aromatic nitrogens is 4. The van der Waals surface area contributed by atoms with E-state index in [1.807, 2.05) is 0 Å². The van der Waals surface area contributed by atoms with Gasteiger partial charge in [-0.1, -0.05) is 0 Å². The number of aliphatic hydroxyl groups excluding tert-OH is 3. The van der Waals surface area contributed by atoms with Gasteiger partial charge in [0.05, 0.1) is 25.6 Å². The number of hydrogen-bond acceptors (Lipinski definition) is 9. The zero-order valence-electron chi connectivity index (χ0n) is 13.1. The lowest BCUT2D eigenvalue weighted by Crippen LogP contribution is -2.33. The molecule has 25 heavy (non-hydrogen) atoms. The van der Waals surface area contributed by atoms with E-state index >= 15 is 0 Å². The van der Waals surface area contributed by atoms with Crippen molar-refractivity contribution in [3.8, 4) is 0 Å². The monoisotopic (exact) mass is 371 g/mol. The molecule has 0 aromatic carbocycles. The molecule has 0 saturated carbocycles. The van der Waals surface area contributed by atoms with Gasteiger partial charge in [-0.2, -0.15) is 9.97 Å². The van der Waals surface area contributed by atoms with Crippen LogP contribution in [0, 0.1) is 0 Å². The Morgan fingerprint density at radius 3 is 2.84 bits per heavy atom. The van der Waals surface area contributed by atoms with Crippen molar-refractivity contribution >= 4 is 28.6 Å². The van der Waals surface area contributed by atoms with Crippen LogP contribution in [0.5, 0.6) is 0 Å². The maximum Gasteiger partial charge on any atom is 0.226 e. The number of hydrogen-bond donors (Lipinski definition) is 4. The second-order valence-corrected chi connectivity index (χ2v) is 6.44. The third-order valence-electron chi connectivity index (χ3n) is 4.46. The van der Waals surface area contributed by atoms with Crippen molar-refractivity contribution in [2.75, 3.05) is 25.1 Å². The molecule has 0 spiro atoms. The van der Waals surface area contributed by atoms with Crippen molar-refractivity contribution in [2.45, 2.75) is 37.0 Å².